The molecular weight excluding hydrogens is 414 g/mol. The van der Waals surface area contributed by atoms with E-state index in [0.29, 0.717) is 11.5 Å². The van der Waals surface area contributed by atoms with Crippen molar-refractivity contribution in [3.05, 3.63) is 78.7 Å². The molecule has 0 aromatic carbocycles. The third-order valence-electron chi connectivity index (χ3n) is 6.03. The molecule has 2 atom stereocenters. The fraction of sp³-hybridized carbons (Fsp3) is 0.464. The molecule has 0 radical (unpaired) electrons. The summed E-state index contributed by atoms with van der Waals surface area (Å²) < 4.78 is 1.43. The molecule has 0 fully saturated rings. The number of carboxylic acid groups (broad SMARTS) is 1. The number of aliphatic hydroxyl groups excluding tert-OH is 1. The van der Waals surface area contributed by atoms with E-state index in [9.17, 15) is 15.0 Å². The maximum atomic E-state index is 11.1. The fourth-order valence-electron chi connectivity index (χ4n) is 3.97. The van der Waals surface area contributed by atoms with Crippen LogP contribution in [0.15, 0.2) is 67.6 Å². The molecule has 0 aliphatic heterocycles. The van der Waals surface area contributed by atoms with E-state index < -0.39 is 12.3 Å². The highest BCUT2D eigenvalue weighted by Gasteiger charge is 2.19. The maximum Gasteiger partial charge on any atom is 0.323 e. The van der Waals surface area contributed by atoms with Gasteiger partial charge in [0.15, 0.2) is 6.29 Å². The molecule has 0 bridgehead atoms. The van der Waals surface area contributed by atoms with E-state index in [1.165, 1.54) is 42.0 Å². The van der Waals surface area contributed by atoms with E-state index in [1.54, 1.807) is 12.3 Å². The minimum absolute atomic E-state index is 0.0436. The van der Waals surface area contributed by atoms with Crippen LogP contribution < -0.4 is 0 Å². The molecule has 3 N–H and O–H groups in total. The molecule has 0 aliphatic rings. The number of aromatic nitrogens is 1. The lowest BCUT2D eigenvalue weighted by Gasteiger charge is -2.16. The first-order valence-electron chi connectivity index (χ1n) is 11.7. The molecule has 1 aromatic heterocycles. The second kappa shape index (κ2) is 14.5. The number of carboxylic acids is 1. The van der Waals surface area contributed by atoms with Crippen molar-refractivity contribution in [2.45, 2.75) is 72.1 Å². The summed E-state index contributed by atoms with van der Waals surface area (Å²) in [5.41, 5.74) is 3.80. The summed E-state index contributed by atoms with van der Waals surface area (Å²) >= 11 is 0. The smallest absolute Gasteiger partial charge is 0.323 e. The van der Waals surface area contributed by atoms with Gasteiger partial charge in [0.2, 0.25) is 0 Å². The Bertz CT molecular complexity index is 872. The number of hydrogen-bond acceptors (Lipinski definition) is 3. The first-order valence-corrected chi connectivity index (χ1v) is 11.7. The molecular formula is C28H41NO4. The van der Waals surface area contributed by atoms with Crippen LogP contribution in [0.4, 0.5) is 0 Å². The predicted molar refractivity (Wildman–Crippen MR) is 137 cm³/mol. The number of hydrogen-bond donors (Lipinski definition) is 3. The van der Waals surface area contributed by atoms with Gasteiger partial charge < -0.3 is 19.9 Å². The fourth-order valence-corrected chi connectivity index (χ4v) is 3.97. The molecule has 1 heterocycles. The molecule has 0 saturated carbocycles. The highest BCUT2D eigenvalue weighted by Crippen LogP contribution is 2.32. The second-order valence-corrected chi connectivity index (χ2v) is 8.81. The molecule has 5 heteroatoms. The van der Waals surface area contributed by atoms with Crippen LogP contribution in [0.5, 0.6) is 0 Å². The van der Waals surface area contributed by atoms with Gasteiger partial charge in [0, 0.05) is 29.4 Å². The monoisotopic (exact) mass is 455 g/mol. The van der Waals surface area contributed by atoms with Gasteiger partial charge in [-0.2, -0.15) is 0 Å². The normalized spacial score (nSPS) is 14.5. The summed E-state index contributed by atoms with van der Waals surface area (Å²) in [4.78, 5) is 11.1. The Morgan fingerprint density at radius 1 is 1.06 bits per heavy atom. The number of carbonyl (C=O) groups is 1. The number of unbranched alkanes of at least 4 members (excludes halogenated alkanes) is 3. The van der Waals surface area contributed by atoms with E-state index >= 15 is 0 Å². The average Bonchev–Trinajstić information content (AvgIpc) is 3.17. The van der Waals surface area contributed by atoms with Gasteiger partial charge in [-0.3, -0.25) is 4.79 Å². The van der Waals surface area contributed by atoms with E-state index in [1.807, 2.05) is 19.1 Å². The lowest BCUT2D eigenvalue weighted by Crippen LogP contribution is -2.06. The van der Waals surface area contributed by atoms with Gasteiger partial charge in [0.1, 0.15) is 6.54 Å². The van der Waals surface area contributed by atoms with Gasteiger partial charge in [0.25, 0.3) is 0 Å². The van der Waals surface area contributed by atoms with Crippen LogP contribution in [0.2, 0.25) is 0 Å². The summed E-state index contributed by atoms with van der Waals surface area (Å²) in [5, 5.41) is 28.7. The molecule has 1 rings (SSSR count). The predicted octanol–water partition coefficient (Wildman–Crippen LogP) is 6.43. The summed E-state index contributed by atoms with van der Waals surface area (Å²) in [5.74, 6) is -0.464. The topological polar surface area (TPSA) is 82.7 Å². The number of aliphatic hydroxyl groups is 2. The van der Waals surface area contributed by atoms with Crippen LogP contribution in [0, 0.1) is 11.8 Å². The Morgan fingerprint density at radius 3 is 2.27 bits per heavy atom. The van der Waals surface area contributed by atoms with E-state index in [4.69, 9.17) is 5.11 Å². The molecule has 0 aliphatic carbocycles. The Morgan fingerprint density at radius 2 is 1.73 bits per heavy atom. The zero-order valence-corrected chi connectivity index (χ0v) is 20.5. The summed E-state index contributed by atoms with van der Waals surface area (Å²) in [6, 6.07) is 0. The van der Waals surface area contributed by atoms with Crippen LogP contribution >= 0.6 is 0 Å². The summed E-state index contributed by atoms with van der Waals surface area (Å²) in [7, 11) is 0. The molecule has 2 unspecified atom stereocenters. The van der Waals surface area contributed by atoms with Crippen molar-refractivity contribution in [1.82, 2.24) is 4.57 Å². The van der Waals surface area contributed by atoms with E-state index in [2.05, 4.69) is 39.7 Å². The van der Waals surface area contributed by atoms with Crippen LogP contribution in [0.25, 0.3) is 5.57 Å². The highest BCUT2D eigenvalue weighted by molar-refractivity contribution is 5.79. The molecule has 5 nitrogen and oxygen atoms in total. The van der Waals surface area contributed by atoms with Crippen LogP contribution in [-0.2, 0) is 11.3 Å². The third-order valence-corrected chi connectivity index (χ3v) is 6.03. The van der Waals surface area contributed by atoms with Crippen LogP contribution in [0.1, 0.15) is 76.7 Å². The molecule has 0 spiro atoms. The highest BCUT2D eigenvalue weighted by atomic mass is 16.5. The largest absolute Gasteiger partial charge is 0.480 e. The zero-order valence-electron chi connectivity index (χ0n) is 20.5. The quantitative estimate of drug-likeness (QED) is 0.116. The molecule has 182 valence electrons. The Labute approximate surface area is 199 Å². The van der Waals surface area contributed by atoms with Gasteiger partial charge >= 0.3 is 5.97 Å². The van der Waals surface area contributed by atoms with Gasteiger partial charge in [-0.25, -0.2) is 0 Å². The number of aliphatic carboxylic acids is 1. The average molecular weight is 456 g/mol. The van der Waals surface area contributed by atoms with Crippen molar-refractivity contribution < 1.29 is 20.1 Å². The number of nitrogens with zero attached hydrogens (tertiary/aromatic N) is 1. The Hall–Kier alpha value is -2.63. The Balaban J connectivity index is 2.98. The number of allylic oxidation sites excluding steroid dienone is 7. The van der Waals surface area contributed by atoms with Crippen LogP contribution in [-0.4, -0.2) is 25.9 Å². The molecule has 0 saturated heterocycles. The van der Waals surface area contributed by atoms with Crippen molar-refractivity contribution in [2.75, 3.05) is 0 Å². The minimum Gasteiger partial charge on any atom is -0.480 e. The zero-order chi connectivity index (χ0) is 25.0. The lowest BCUT2D eigenvalue weighted by atomic mass is 9.89. The summed E-state index contributed by atoms with van der Waals surface area (Å²) in [6.07, 6.45) is 16.1. The van der Waals surface area contributed by atoms with Crippen molar-refractivity contribution >= 4 is 11.5 Å². The summed E-state index contributed by atoms with van der Waals surface area (Å²) in [6.45, 7) is 17.8. The standard InChI is InChI=1S/C28H41NO4/c1-7-20(4)14-12-10-11-13-15-21(5)16-23(8-2)22(6)24(9-3)25-17-29(19-27(30)31)18-26(25)28(32)33/h7-9,16-18,20,23,28,32-33H,1-3,10-15,19H2,4-6H3,(H,30,31)/b21-16+,24-22-. The lowest BCUT2D eigenvalue weighted by molar-refractivity contribution is -0.137. The minimum atomic E-state index is -1.72. The second-order valence-electron chi connectivity index (χ2n) is 8.81. The first kappa shape index (κ1) is 28.4. The molecule has 1 aromatic rings. The van der Waals surface area contributed by atoms with E-state index in [-0.39, 0.29) is 18.0 Å². The van der Waals surface area contributed by atoms with Gasteiger partial charge in [0.05, 0.1) is 0 Å². The third kappa shape index (κ3) is 9.40. The van der Waals surface area contributed by atoms with Crippen molar-refractivity contribution in [2.24, 2.45) is 11.8 Å². The van der Waals surface area contributed by atoms with Gasteiger partial charge in [-0.15, -0.1) is 13.2 Å². The van der Waals surface area contributed by atoms with Gasteiger partial charge in [-0.1, -0.05) is 68.2 Å². The molecule has 33 heavy (non-hydrogen) atoms. The first-order chi connectivity index (χ1) is 15.6. The maximum absolute atomic E-state index is 11.1. The van der Waals surface area contributed by atoms with Crippen molar-refractivity contribution in [3.63, 3.8) is 0 Å². The van der Waals surface area contributed by atoms with Gasteiger partial charge in [-0.05, 0) is 44.6 Å². The SMILES string of the molecule is C=C/C(=C(\C)C(C=C)/C=C(\C)CCCCCCC(C)C=C)c1cn(CC(=O)O)cc1C(O)O. The van der Waals surface area contributed by atoms with Crippen molar-refractivity contribution in [1.29, 1.82) is 0 Å². The number of rotatable bonds is 16. The molecule has 0 amide bonds. The van der Waals surface area contributed by atoms with Crippen LogP contribution in [0.3, 0.4) is 0 Å². The Kier molecular flexibility index (Phi) is 12.5. The van der Waals surface area contributed by atoms with E-state index in [0.717, 1.165) is 24.0 Å². The van der Waals surface area contributed by atoms with Crippen molar-refractivity contribution in [3.8, 4) is 0 Å².